The maximum atomic E-state index is 12.3. The number of carbonyl (C=O) groups excluding carboxylic acids is 1. The second-order valence-electron chi connectivity index (χ2n) is 14.3. The largest absolute Gasteiger partial charge is 0.415 e. The average Bonchev–Trinajstić information content (AvgIpc) is 2.54. The van der Waals surface area contributed by atoms with Crippen molar-refractivity contribution in [3.63, 3.8) is 0 Å². The first-order valence-electron chi connectivity index (χ1n) is 12.9. The zero-order chi connectivity index (χ0) is 28.0. The van der Waals surface area contributed by atoms with Gasteiger partial charge in [0.2, 0.25) is 5.91 Å². The molecule has 1 N–H and O–H groups in total. The molecule has 0 aliphatic carbocycles. The molecule has 0 aliphatic rings. The molecule has 0 heterocycles. The van der Waals surface area contributed by atoms with Crippen molar-refractivity contribution in [3.05, 3.63) is 0 Å². The molecule has 35 heavy (non-hydrogen) atoms. The Bertz CT molecular complexity index is 647. The molecule has 0 saturated heterocycles. The van der Waals surface area contributed by atoms with E-state index >= 15 is 0 Å². The molecule has 0 aromatic rings. The van der Waals surface area contributed by atoms with E-state index < -0.39 is 53.8 Å². The molecule has 0 bridgehead atoms. The first-order chi connectivity index (χ1) is 15.3. The highest BCUT2D eigenvalue weighted by atomic mass is 28.4. The van der Waals surface area contributed by atoms with Crippen molar-refractivity contribution in [2.45, 2.75) is 129 Å². The minimum atomic E-state index is -2.05. The summed E-state index contributed by atoms with van der Waals surface area (Å²) in [7, 11) is -9.68. The van der Waals surface area contributed by atoms with Gasteiger partial charge in [0.25, 0.3) is 0 Å². The van der Waals surface area contributed by atoms with Gasteiger partial charge in [-0.2, -0.15) is 0 Å². The molecule has 0 unspecified atom stereocenters. The Hall–Kier alpha value is 0.354. The molecule has 7 nitrogen and oxygen atoms in total. The average molecular weight is 584 g/mol. The second kappa shape index (κ2) is 13.4. The van der Waals surface area contributed by atoms with Crippen LogP contribution in [0.25, 0.3) is 0 Å². The molecule has 0 rings (SSSR count). The van der Waals surface area contributed by atoms with Crippen LogP contribution in [-0.4, -0.2) is 85.1 Å². The van der Waals surface area contributed by atoms with E-state index in [4.69, 9.17) is 22.1 Å². The summed E-state index contributed by atoms with van der Waals surface area (Å²) in [5, 5.41) is 3.15. The standard InChI is InChI=1S/C23H57NO6Si5/c1-19(25)24-20(17-26-31(2,3)4)22(29-34(11,12)13)23(30-35(14,15)16)21(28-33(8,9)10)18-27-32(5,6)7/h20-23H,17-18H2,1-16H3,(H,24,25)/t20-,21+,22+,23-/m0/s1. The summed E-state index contributed by atoms with van der Waals surface area (Å²) in [5.41, 5.74) is 0. The van der Waals surface area contributed by atoms with Crippen molar-refractivity contribution in [1.29, 1.82) is 0 Å². The van der Waals surface area contributed by atoms with Crippen LogP contribution in [0, 0.1) is 0 Å². The molecular formula is C23H57NO6Si5. The summed E-state index contributed by atoms with van der Waals surface area (Å²) in [5.74, 6) is -0.105. The van der Waals surface area contributed by atoms with Crippen LogP contribution in [0.15, 0.2) is 0 Å². The second-order valence-corrected chi connectivity index (χ2v) is 36.7. The summed E-state index contributed by atoms with van der Waals surface area (Å²) in [4.78, 5) is 12.3. The third-order valence-electron chi connectivity index (χ3n) is 4.34. The predicted octanol–water partition coefficient (Wildman–Crippen LogP) is 5.85. The highest BCUT2D eigenvalue weighted by molar-refractivity contribution is 6.71. The monoisotopic (exact) mass is 583 g/mol. The van der Waals surface area contributed by atoms with E-state index in [1.54, 1.807) is 6.92 Å². The minimum absolute atomic E-state index is 0.105. The summed E-state index contributed by atoms with van der Waals surface area (Å²) < 4.78 is 33.2. The topological polar surface area (TPSA) is 75.3 Å². The number of nitrogens with one attached hydrogen (secondary N) is 1. The molecule has 1 amide bonds. The summed E-state index contributed by atoms with van der Waals surface area (Å²) in [6, 6.07) is -0.355. The molecule has 0 aliphatic heterocycles. The van der Waals surface area contributed by atoms with E-state index in [9.17, 15) is 4.79 Å². The maximum absolute atomic E-state index is 12.3. The van der Waals surface area contributed by atoms with Crippen LogP contribution in [0.3, 0.4) is 0 Å². The lowest BCUT2D eigenvalue weighted by Gasteiger charge is -2.45. The first kappa shape index (κ1) is 35.4. The summed E-state index contributed by atoms with van der Waals surface area (Å²) in [6.45, 7) is 35.0. The fourth-order valence-corrected chi connectivity index (χ4v) is 8.02. The molecule has 0 spiro atoms. The fraction of sp³-hybridized carbons (Fsp3) is 0.957. The van der Waals surface area contributed by atoms with Crippen LogP contribution in [0.2, 0.25) is 98.2 Å². The van der Waals surface area contributed by atoms with Gasteiger partial charge >= 0.3 is 0 Å². The number of rotatable bonds is 16. The third kappa shape index (κ3) is 19.1. The van der Waals surface area contributed by atoms with E-state index in [0.717, 1.165) is 0 Å². The minimum Gasteiger partial charge on any atom is -0.415 e. The van der Waals surface area contributed by atoms with Gasteiger partial charge in [-0.15, -0.1) is 0 Å². The van der Waals surface area contributed by atoms with E-state index in [1.807, 2.05) is 0 Å². The molecule has 0 fully saturated rings. The van der Waals surface area contributed by atoms with Crippen LogP contribution in [0.4, 0.5) is 0 Å². The van der Waals surface area contributed by atoms with E-state index in [0.29, 0.717) is 13.2 Å². The Morgan fingerprint density at radius 2 is 0.943 bits per heavy atom. The Morgan fingerprint density at radius 3 is 1.29 bits per heavy atom. The van der Waals surface area contributed by atoms with Gasteiger partial charge < -0.3 is 27.4 Å². The third-order valence-corrected chi connectivity index (χ3v) is 9.37. The lowest BCUT2D eigenvalue weighted by Crippen LogP contribution is -2.62. The zero-order valence-electron chi connectivity index (χ0n) is 25.7. The van der Waals surface area contributed by atoms with Crippen molar-refractivity contribution in [1.82, 2.24) is 5.32 Å². The van der Waals surface area contributed by atoms with Crippen LogP contribution < -0.4 is 5.32 Å². The van der Waals surface area contributed by atoms with E-state index in [-0.39, 0.29) is 18.1 Å². The highest BCUT2D eigenvalue weighted by Crippen LogP contribution is 2.27. The lowest BCUT2D eigenvalue weighted by atomic mass is 10.0. The van der Waals surface area contributed by atoms with Gasteiger partial charge in [-0.25, -0.2) is 0 Å². The molecule has 0 aromatic heterocycles. The Morgan fingerprint density at radius 1 is 0.571 bits per heavy atom. The van der Waals surface area contributed by atoms with E-state index in [2.05, 4.69) is 104 Å². The summed E-state index contributed by atoms with van der Waals surface area (Å²) >= 11 is 0. The van der Waals surface area contributed by atoms with Crippen LogP contribution in [0.1, 0.15) is 6.92 Å². The van der Waals surface area contributed by atoms with Crippen LogP contribution >= 0.6 is 0 Å². The molecule has 0 saturated carbocycles. The van der Waals surface area contributed by atoms with Gasteiger partial charge in [0.15, 0.2) is 41.6 Å². The van der Waals surface area contributed by atoms with Gasteiger partial charge in [-0.3, -0.25) is 4.79 Å². The highest BCUT2D eigenvalue weighted by Gasteiger charge is 2.44. The van der Waals surface area contributed by atoms with E-state index in [1.165, 1.54) is 0 Å². The number of hydrogen-bond acceptors (Lipinski definition) is 6. The van der Waals surface area contributed by atoms with Gasteiger partial charge in [0, 0.05) is 6.92 Å². The normalized spacial score (nSPS) is 17.6. The van der Waals surface area contributed by atoms with Crippen molar-refractivity contribution in [2.75, 3.05) is 13.2 Å². The Kier molecular flexibility index (Phi) is 13.6. The number of amides is 1. The van der Waals surface area contributed by atoms with Crippen molar-refractivity contribution >= 4 is 47.5 Å². The molecular weight excluding hydrogens is 527 g/mol. The molecule has 0 aromatic carbocycles. The van der Waals surface area contributed by atoms with Crippen molar-refractivity contribution in [3.8, 4) is 0 Å². The Labute approximate surface area is 222 Å². The first-order valence-corrected chi connectivity index (χ1v) is 29.9. The molecule has 12 heteroatoms. The SMILES string of the molecule is CC(=O)N[C@@H](CO[Si](C)(C)C)[C@@H](O[Si](C)(C)C)[C@@H](O[Si](C)(C)C)[C@@H](CO[Si](C)(C)C)O[Si](C)(C)C. The summed E-state index contributed by atoms with van der Waals surface area (Å²) in [6.07, 6.45) is -1.11. The smallest absolute Gasteiger partial charge is 0.217 e. The molecule has 210 valence electrons. The molecule has 4 atom stereocenters. The number of hydrogen-bond donors (Lipinski definition) is 1. The van der Waals surface area contributed by atoms with Gasteiger partial charge in [0.1, 0.15) is 0 Å². The van der Waals surface area contributed by atoms with Gasteiger partial charge in [-0.05, 0) is 98.2 Å². The van der Waals surface area contributed by atoms with Crippen molar-refractivity contribution in [2.24, 2.45) is 0 Å². The quantitative estimate of drug-likeness (QED) is 0.230. The van der Waals surface area contributed by atoms with Gasteiger partial charge in [-0.1, -0.05) is 0 Å². The van der Waals surface area contributed by atoms with Crippen molar-refractivity contribution < 1.29 is 26.9 Å². The van der Waals surface area contributed by atoms with Crippen LogP contribution in [0.5, 0.6) is 0 Å². The Balaban J connectivity index is 6.69. The predicted molar refractivity (Wildman–Crippen MR) is 161 cm³/mol. The number of carbonyl (C=O) groups is 1. The lowest BCUT2D eigenvalue weighted by molar-refractivity contribution is -0.122. The molecule has 0 radical (unpaired) electrons. The zero-order valence-corrected chi connectivity index (χ0v) is 30.7. The maximum Gasteiger partial charge on any atom is 0.217 e. The fourth-order valence-electron chi connectivity index (χ4n) is 3.35. The van der Waals surface area contributed by atoms with Crippen LogP contribution in [-0.2, 0) is 26.9 Å². The van der Waals surface area contributed by atoms with Gasteiger partial charge in [0.05, 0.1) is 37.6 Å².